The van der Waals surface area contributed by atoms with Crippen LogP contribution in [0.1, 0.15) is 30.5 Å². The van der Waals surface area contributed by atoms with Crippen molar-refractivity contribution in [2.45, 2.75) is 26.2 Å². The van der Waals surface area contributed by atoms with Crippen molar-refractivity contribution in [3.63, 3.8) is 0 Å². The number of fused-ring (bicyclic) bond motifs is 10. The molecule has 0 aliphatic heterocycles. The van der Waals surface area contributed by atoms with Crippen LogP contribution in [0.3, 0.4) is 0 Å². The smallest absolute Gasteiger partial charge is 0.0640 e. The quantitative estimate of drug-likeness (QED) is 0.147. The maximum Gasteiger partial charge on any atom is 0.0640 e. The Morgan fingerprint density at radius 3 is 1.61 bits per heavy atom. The van der Waals surface area contributed by atoms with Crippen LogP contribution in [-0.4, -0.2) is 0 Å². The van der Waals surface area contributed by atoms with E-state index in [4.69, 9.17) is 0 Å². The molecule has 70 heavy (non-hydrogen) atoms. The summed E-state index contributed by atoms with van der Waals surface area (Å²) in [5.74, 6) is 0. The van der Waals surface area contributed by atoms with Gasteiger partial charge in [0.25, 0.3) is 0 Å². The molecule has 0 atom stereocenters. The molecule has 0 saturated carbocycles. The first kappa shape index (κ1) is 41.0. The first-order valence-electron chi connectivity index (χ1n) is 24.2. The van der Waals surface area contributed by atoms with Gasteiger partial charge in [0.2, 0.25) is 0 Å². The van der Waals surface area contributed by atoms with E-state index in [1.165, 1.54) is 112 Å². The molecule has 332 valence electrons. The summed E-state index contributed by atoms with van der Waals surface area (Å²) in [5, 5.41) is 10.4. The molecule has 0 saturated heterocycles. The minimum Gasteiger partial charge on any atom is -0.309 e. The SMILES string of the molecule is Cc1c2c3c(cccc3c3cc(N(c4ccccc4-c4ccccc4)c4cccc5c4sc4ccccc45)ccc13)C(C)(C)c1cc(N(c3ccccc3)c3cccc4c3sc3ccccc34)ccc1-2. The van der Waals surface area contributed by atoms with Crippen molar-refractivity contribution in [1.29, 1.82) is 0 Å². The second kappa shape index (κ2) is 15.8. The van der Waals surface area contributed by atoms with E-state index in [1.807, 2.05) is 22.7 Å². The second-order valence-electron chi connectivity index (χ2n) is 19.2. The fourth-order valence-corrected chi connectivity index (χ4v) is 14.2. The van der Waals surface area contributed by atoms with Crippen molar-refractivity contribution in [2.24, 2.45) is 0 Å². The molecule has 0 spiro atoms. The monoisotopic (exact) mass is 930 g/mol. The van der Waals surface area contributed by atoms with Crippen LogP contribution >= 0.6 is 22.7 Å². The number of hydrogen-bond acceptors (Lipinski definition) is 4. The molecule has 0 fully saturated rings. The van der Waals surface area contributed by atoms with Crippen molar-refractivity contribution in [3.05, 3.63) is 241 Å². The van der Waals surface area contributed by atoms with Crippen LogP contribution < -0.4 is 9.80 Å². The molecule has 4 heteroatoms. The molecule has 2 nitrogen and oxygen atoms in total. The van der Waals surface area contributed by atoms with E-state index in [0.29, 0.717) is 0 Å². The van der Waals surface area contributed by atoms with Gasteiger partial charge in [-0.1, -0.05) is 172 Å². The first-order chi connectivity index (χ1) is 34.4. The molecule has 0 unspecified atom stereocenters. The molecule has 0 radical (unpaired) electrons. The van der Waals surface area contributed by atoms with Crippen LogP contribution in [-0.2, 0) is 5.41 Å². The lowest BCUT2D eigenvalue weighted by atomic mass is 9.67. The van der Waals surface area contributed by atoms with Crippen molar-refractivity contribution >= 4 is 119 Å². The highest BCUT2D eigenvalue weighted by molar-refractivity contribution is 7.26. The predicted octanol–water partition coefficient (Wildman–Crippen LogP) is 20.0. The second-order valence-corrected chi connectivity index (χ2v) is 21.3. The predicted molar refractivity (Wildman–Crippen MR) is 304 cm³/mol. The van der Waals surface area contributed by atoms with Crippen LogP contribution in [0.15, 0.2) is 224 Å². The van der Waals surface area contributed by atoms with Gasteiger partial charge in [0, 0.05) is 59.0 Å². The molecule has 0 bridgehead atoms. The Hall–Kier alpha value is -8.02. The molecule has 0 N–H and O–H groups in total. The Balaban J connectivity index is 0.981. The number of benzene rings is 11. The third-order valence-electron chi connectivity index (χ3n) is 15.0. The standard InChI is InChI=1S/C66H46N2S2/c1-41-46-37-35-44(68(57-30-13-10-23-47(57)42-19-6-4-7-20-42)59-32-18-28-52-49-25-12-15-34-61(49)70-65(52)59)39-54(46)50-26-16-29-55-63(50)62(41)53-38-36-45(40-56(53)66(55,2)3)67(43-21-8-5-9-22-43)58-31-17-27-51-48-24-11-14-33-60(48)69-64(51)58/h4-40H,1-3H3. The van der Waals surface area contributed by atoms with Gasteiger partial charge in [0.15, 0.2) is 0 Å². The van der Waals surface area contributed by atoms with E-state index in [0.717, 1.165) is 22.7 Å². The summed E-state index contributed by atoms with van der Waals surface area (Å²) in [6.07, 6.45) is 0. The number of para-hydroxylation sites is 2. The molecule has 13 aromatic rings. The summed E-state index contributed by atoms with van der Waals surface area (Å²) < 4.78 is 5.18. The third-order valence-corrected chi connectivity index (χ3v) is 17.4. The van der Waals surface area contributed by atoms with E-state index in [9.17, 15) is 0 Å². The van der Waals surface area contributed by atoms with E-state index in [-0.39, 0.29) is 5.41 Å². The number of anilines is 6. The van der Waals surface area contributed by atoms with Crippen LogP contribution in [0, 0.1) is 6.92 Å². The van der Waals surface area contributed by atoms with Gasteiger partial charge in [0.1, 0.15) is 0 Å². The van der Waals surface area contributed by atoms with E-state index >= 15 is 0 Å². The zero-order valence-electron chi connectivity index (χ0n) is 39.1. The summed E-state index contributed by atoms with van der Waals surface area (Å²) >= 11 is 3.76. The molecular formula is C66H46N2S2. The Morgan fingerprint density at radius 1 is 0.357 bits per heavy atom. The number of thiophene rings is 2. The van der Waals surface area contributed by atoms with E-state index in [1.54, 1.807) is 0 Å². The summed E-state index contributed by atoms with van der Waals surface area (Å²) in [4.78, 5) is 4.99. The fourth-order valence-electron chi connectivity index (χ4n) is 11.8. The molecule has 14 rings (SSSR count). The average Bonchev–Trinajstić information content (AvgIpc) is 3.99. The lowest BCUT2D eigenvalue weighted by Crippen LogP contribution is -2.25. The minimum absolute atomic E-state index is 0.293. The van der Waals surface area contributed by atoms with Crippen LogP contribution in [0.2, 0.25) is 0 Å². The van der Waals surface area contributed by atoms with Gasteiger partial charge in [-0.05, 0) is 129 Å². The van der Waals surface area contributed by atoms with E-state index < -0.39 is 0 Å². The largest absolute Gasteiger partial charge is 0.309 e. The number of rotatable bonds is 7. The maximum atomic E-state index is 2.52. The molecule has 0 amide bonds. The van der Waals surface area contributed by atoms with Crippen molar-refractivity contribution < 1.29 is 0 Å². The van der Waals surface area contributed by atoms with Gasteiger partial charge < -0.3 is 9.80 Å². The van der Waals surface area contributed by atoms with Gasteiger partial charge in [-0.2, -0.15) is 0 Å². The average molecular weight is 931 g/mol. The highest BCUT2D eigenvalue weighted by Crippen LogP contribution is 2.55. The fraction of sp³-hybridized carbons (Fsp3) is 0.0606. The van der Waals surface area contributed by atoms with Crippen molar-refractivity contribution in [2.75, 3.05) is 9.80 Å². The number of aryl methyl sites for hydroxylation is 1. The Bertz CT molecular complexity index is 4240. The first-order valence-corrected chi connectivity index (χ1v) is 25.8. The molecule has 1 aliphatic rings. The van der Waals surface area contributed by atoms with Gasteiger partial charge >= 0.3 is 0 Å². The highest BCUT2D eigenvalue weighted by atomic mass is 32.1. The van der Waals surface area contributed by atoms with Gasteiger partial charge in [0.05, 0.1) is 26.5 Å². The zero-order valence-corrected chi connectivity index (χ0v) is 40.7. The normalized spacial score (nSPS) is 12.9. The van der Waals surface area contributed by atoms with Crippen molar-refractivity contribution in [1.82, 2.24) is 0 Å². The topological polar surface area (TPSA) is 6.48 Å². The summed E-state index contributed by atoms with van der Waals surface area (Å²) in [6.45, 7) is 7.20. The zero-order chi connectivity index (χ0) is 46.7. The molecule has 11 aromatic carbocycles. The maximum absolute atomic E-state index is 2.52. The van der Waals surface area contributed by atoms with Crippen LogP contribution in [0.5, 0.6) is 0 Å². The van der Waals surface area contributed by atoms with Crippen LogP contribution in [0.25, 0.3) is 84.1 Å². The molecule has 2 heterocycles. The Kier molecular flexibility index (Phi) is 9.23. The Morgan fingerprint density at radius 2 is 0.900 bits per heavy atom. The third kappa shape index (κ3) is 6.10. The molecule has 2 aromatic heterocycles. The summed E-state index contributed by atoms with van der Waals surface area (Å²) in [6, 6.07) is 83.4. The van der Waals surface area contributed by atoms with Crippen molar-refractivity contribution in [3.8, 4) is 22.3 Å². The minimum atomic E-state index is -0.293. The van der Waals surface area contributed by atoms with Gasteiger partial charge in [-0.25, -0.2) is 0 Å². The number of hydrogen-bond donors (Lipinski definition) is 0. The lowest BCUT2D eigenvalue weighted by molar-refractivity contribution is 0.645. The van der Waals surface area contributed by atoms with Gasteiger partial charge in [-0.15, -0.1) is 22.7 Å². The number of nitrogens with zero attached hydrogens (tertiary/aromatic N) is 2. The molecular weight excluding hydrogens is 885 g/mol. The Labute approximate surface area is 415 Å². The van der Waals surface area contributed by atoms with Gasteiger partial charge in [-0.3, -0.25) is 0 Å². The lowest BCUT2D eigenvalue weighted by Gasteiger charge is -2.38. The summed E-state index contributed by atoms with van der Waals surface area (Å²) in [5.41, 5.74) is 15.7. The highest BCUT2D eigenvalue weighted by Gasteiger charge is 2.36. The summed E-state index contributed by atoms with van der Waals surface area (Å²) in [7, 11) is 0. The molecule has 1 aliphatic carbocycles. The van der Waals surface area contributed by atoms with Crippen LogP contribution in [0.4, 0.5) is 34.1 Å². The van der Waals surface area contributed by atoms with E-state index in [2.05, 4.69) is 255 Å².